The molecule has 12 heteroatoms. The molecule has 5 rings (SSSR count). The molecule has 3 aromatic rings. The van der Waals surface area contributed by atoms with Gasteiger partial charge in [-0.25, -0.2) is 27.8 Å². The fourth-order valence-electron chi connectivity index (χ4n) is 5.35. The van der Waals surface area contributed by atoms with Crippen LogP contribution < -0.4 is 15.1 Å². The number of hydrogen-bond acceptors (Lipinski definition) is 10. The number of rotatable bonds is 8. The van der Waals surface area contributed by atoms with Crippen LogP contribution in [-0.2, 0) is 14.6 Å². The second kappa shape index (κ2) is 10.8. The molecule has 10 nitrogen and oxygen atoms in total. The Bertz CT molecular complexity index is 1560. The second-order valence-electron chi connectivity index (χ2n) is 10.8. The molecule has 0 radical (unpaired) electrons. The fourth-order valence-corrected chi connectivity index (χ4v) is 6.51. The summed E-state index contributed by atoms with van der Waals surface area (Å²) in [6, 6.07) is 3.68. The third-order valence-corrected chi connectivity index (χ3v) is 8.65. The summed E-state index contributed by atoms with van der Waals surface area (Å²) in [5.41, 5.74) is 1.06. The minimum absolute atomic E-state index is 0.0339. The Morgan fingerprint density at radius 3 is 2.72 bits per heavy atom. The number of piperidine rings is 1. The van der Waals surface area contributed by atoms with Crippen LogP contribution in [0.25, 0.3) is 10.8 Å². The maximum atomic E-state index is 14.7. The Balaban J connectivity index is 1.35. The Morgan fingerprint density at radius 2 is 2.03 bits per heavy atom. The molecule has 0 aromatic carbocycles. The van der Waals surface area contributed by atoms with E-state index in [4.69, 9.17) is 13.8 Å². The molecule has 39 heavy (non-hydrogen) atoms. The van der Waals surface area contributed by atoms with E-state index < -0.39 is 29.2 Å². The molecule has 5 heterocycles. The normalized spacial score (nSPS) is 25.2. The highest BCUT2D eigenvalue weighted by Gasteiger charge is 2.39. The maximum Gasteiger partial charge on any atom is 0.227 e. The van der Waals surface area contributed by atoms with Crippen LogP contribution >= 0.6 is 0 Å². The molecule has 1 N–H and O–H groups in total. The first-order chi connectivity index (χ1) is 19.7. The van der Waals surface area contributed by atoms with Gasteiger partial charge in [0.15, 0.2) is 0 Å². The van der Waals surface area contributed by atoms with E-state index in [1.54, 1.807) is 23.4 Å². The number of aromatic nitrogens is 4. The molecule has 2 saturated heterocycles. The maximum absolute atomic E-state index is 14.7. The van der Waals surface area contributed by atoms with E-state index >= 15 is 0 Å². The van der Waals surface area contributed by atoms with E-state index in [9.17, 15) is 12.8 Å². The first-order valence-electron chi connectivity index (χ1n) is 14.6. The largest absolute Gasteiger partial charge is 0.378 e. The van der Waals surface area contributed by atoms with Gasteiger partial charge < -0.3 is 19.9 Å². The Morgan fingerprint density at radius 1 is 1.21 bits per heavy atom. The lowest BCUT2D eigenvalue weighted by molar-refractivity contribution is 0.0194. The number of halogens is 1. The van der Waals surface area contributed by atoms with E-state index in [1.807, 2.05) is 19.2 Å². The topological polar surface area (TPSA) is 113 Å². The van der Waals surface area contributed by atoms with Crippen molar-refractivity contribution in [2.24, 2.45) is 5.92 Å². The van der Waals surface area contributed by atoms with E-state index in [0.717, 1.165) is 22.2 Å². The van der Waals surface area contributed by atoms with Crippen LogP contribution in [0.1, 0.15) is 42.8 Å². The summed E-state index contributed by atoms with van der Waals surface area (Å²) in [5, 5.41) is 5.10. The fraction of sp³-hybridized carbons (Fsp3) is 0.556. The molecule has 0 saturated carbocycles. The van der Waals surface area contributed by atoms with Gasteiger partial charge in [0.2, 0.25) is 5.95 Å². The second-order valence-corrected chi connectivity index (χ2v) is 13.0. The highest BCUT2D eigenvalue weighted by Crippen LogP contribution is 2.38. The molecule has 0 bridgehead atoms. The summed E-state index contributed by atoms with van der Waals surface area (Å²) >= 11 is 0. The van der Waals surface area contributed by atoms with Crippen LogP contribution in [0.5, 0.6) is 0 Å². The van der Waals surface area contributed by atoms with Gasteiger partial charge in [-0.15, -0.1) is 0 Å². The Kier molecular flexibility index (Phi) is 6.58. The lowest BCUT2D eigenvalue weighted by Gasteiger charge is -2.47. The van der Waals surface area contributed by atoms with Gasteiger partial charge in [0.05, 0.1) is 22.5 Å². The van der Waals surface area contributed by atoms with Gasteiger partial charge in [-0.3, -0.25) is 0 Å². The number of nitrogens with one attached hydrogen (secondary N) is 1. The molecular formula is C27H36FN7O3S. The quantitative estimate of drug-likeness (QED) is 0.437. The number of pyridine rings is 2. The minimum atomic E-state index is -3.07. The first kappa shape index (κ1) is 23.7. The van der Waals surface area contributed by atoms with E-state index in [-0.39, 0.29) is 36.6 Å². The molecule has 0 aliphatic carbocycles. The molecule has 3 aromatic heterocycles. The first-order valence-corrected chi connectivity index (χ1v) is 15.1. The van der Waals surface area contributed by atoms with Crippen LogP contribution in [0, 0.1) is 5.92 Å². The molecule has 0 unspecified atom stereocenters. The summed E-state index contributed by atoms with van der Waals surface area (Å²) in [4.78, 5) is 22.0. The number of ether oxygens (including phenoxy) is 1. The van der Waals surface area contributed by atoms with Gasteiger partial charge in [0.1, 0.15) is 33.5 Å². The van der Waals surface area contributed by atoms with Crippen molar-refractivity contribution in [1.29, 1.82) is 0 Å². The van der Waals surface area contributed by atoms with Crippen LogP contribution in [0.3, 0.4) is 0 Å². The van der Waals surface area contributed by atoms with Gasteiger partial charge in [-0.1, -0.05) is 13.8 Å². The van der Waals surface area contributed by atoms with Crippen molar-refractivity contribution in [2.75, 3.05) is 53.8 Å². The van der Waals surface area contributed by atoms with Crippen molar-refractivity contribution >= 4 is 44.0 Å². The van der Waals surface area contributed by atoms with Crippen LogP contribution in [-0.4, -0.2) is 85.4 Å². The van der Waals surface area contributed by atoms with Gasteiger partial charge in [0.25, 0.3) is 0 Å². The van der Waals surface area contributed by atoms with Gasteiger partial charge in [-0.05, 0) is 42.3 Å². The minimum Gasteiger partial charge on any atom is -0.378 e. The van der Waals surface area contributed by atoms with Gasteiger partial charge in [0, 0.05) is 62.3 Å². The zero-order valence-corrected chi connectivity index (χ0v) is 23.3. The molecule has 2 aliphatic rings. The number of sulfone groups is 1. The van der Waals surface area contributed by atoms with Crippen molar-refractivity contribution < 1.29 is 21.7 Å². The average molecular weight is 561 g/mol. The number of anilines is 4. The van der Waals surface area contributed by atoms with Gasteiger partial charge in [-0.2, -0.15) is 4.98 Å². The molecule has 210 valence electrons. The Hall–Kier alpha value is -3.12. The molecule has 2 aliphatic heterocycles. The Labute approximate surface area is 233 Å². The third kappa shape index (κ3) is 5.76. The van der Waals surface area contributed by atoms with Crippen molar-refractivity contribution in [3.05, 3.63) is 36.3 Å². The van der Waals surface area contributed by atoms with Crippen molar-refractivity contribution in [3.63, 3.8) is 0 Å². The summed E-state index contributed by atoms with van der Waals surface area (Å²) in [5.74, 6) is 2.54. The molecular weight excluding hydrogens is 521 g/mol. The highest BCUT2D eigenvalue weighted by molar-refractivity contribution is 7.90. The van der Waals surface area contributed by atoms with Crippen molar-refractivity contribution in [2.45, 2.75) is 51.4 Å². The predicted molar refractivity (Wildman–Crippen MR) is 151 cm³/mol. The standard InChI is InChI=1S/C27H36FN7O3S/c1-16(2)20-11-31-26(35-13-18(17(35)3)15-39(5,36)37)21-12-30-25(10-19(20)21)32-24-6-8-29-27(33-24)34-9-7-23(38-4)22(28)14-34/h6,8,10-12,16-18,22-23H,7,9,13-15H2,1-5H3,(H,29,30,32,33)/t17-,18-,22+,23-/m1/s1/i4D3. The van der Waals surface area contributed by atoms with Crippen LogP contribution in [0.4, 0.5) is 27.8 Å². The number of alkyl halides is 1. The number of methoxy groups -OCH3 is 1. The van der Waals surface area contributed by atoms with Crippen molar-refractivity contribution in [3.8, 4) is 0 Å². The number of fused-ring (bicyclic) bond motifs is 1. The van der Waals surface area contributed by atoms with E-state index in [0.29, 0.717) is 30.7 Å². The van der Waals surface area contributed by atoms with E-state index in [1.165, 1.54) is 6.26 Å². The summed E-state index contributed by atoms with van der Waals surface area (Å²) < 4.78 is 65.0. The van der Waals surface area contributed by atoms with E-state index in [2.05, 4.69) is 39.0 Å². The summed E-state index contributed by atoms with van der Waals surface area (Å²) in [6.07, 6.45) is 4.19. The molecule has 0 amide bonds. The molecule has 2 fully saturated rings. The average Bonchev–Trinajstić information content (AvgIpc) is 2.90. The molecule has 0 spiro atoms. The van der Waals surface area contributed by atoms with Crippen molar-refractivity contribution in [1.82, 2.24) is 19.9 Å². The SMILES string of the molecule is [2H]C([2H])([2H])O[C@@H]1CCN(c2nccc(Nc3cc4c(C(C)C)cnc(N5C[C@H](CS(C)(=O)=O)[C@H]5C)c4cn3)n2)C[C@@H]1F. The molecule has 4 atom stereocenters. The predicted octanol–water partition coefficient (Wildman–Crippen LogP) is 3.72. The van der Waals surface area contributed by atoms with Crippen LogP contribution in [0.2, 0.25) is 0 Å². The lowest BCUT2D eigenvalue weighted by Crippen LogP contribution is -2.57. The zero-order chi connectivity index (χ0) is 30.4. The zero-order valence-electron chi connectivity index (χ0n) is 25.5. The smallest absolute Gasteiger partial charge is 0.227 e. The van der Waals surface area contributed by atoms with Crippen LogP contribution in [0.15, 0.2) is 30.7 Å². The van der Waals surface area contributed by atoms with Gasteiger partial charge >= 0.3 is 0 Å². The summed E-state index contributed by atoms with van der Waals surface area (Å²) in [6.45, 7) is 7.10. The number of nitrogens with zero attached hydrogens (tertiary/aromatic N) is 6. The highest BCUT2D eigenvalue weighted by atomic mass is 32.2. The summed E-state index contributed by atoms with van der Waals surface area (Å²) in [7, 11) is -5.71. The monoisotopic (exact) mass is 560 g/mol. The number of hydrogen-bond donors (Lipinski definition) is 1. The third-order valence-electron chi connectivity index (χ3n) is 7.61. The lowest BCUT2D eigenvalue weighted by atomic mass is 9.90.